The molecule has 0 amide bonds. The average molecular weight is 916 g/mol. The van der Waals surface area contributed by atoms with Crippen LogP contribution < -0.4 is 21.3 Å². The Balaban J connectivity index is 1.18. The van der Waals surface area contributed by atoms with E-state index in [2.05, 4.69) is 150 Å². The molecule has 1 aliphatic carbocycles. The van der Waals surface area contributed by atoms with Gasteiger partial charge in [0.05, 0.1) is 24.8 Å². The fraction of sp³-hybridized carbons (Fsp3) is 0.0149. The molecule has 2 aliphatic heterocycles. The van der Waals surface area contributed by atoms with Crippen LogP contribution in [0.5, 0.6) is 0 Å². The summed E-state index contributed by atoms with van der Waals surface area (Å²) in [5.41, 5.74) is 14.5. The predicted octanol–water partition coefficient (Wildman–Crippen LogP) is 15.5. The Hall–Kier alpha value is -8.37. The van der Waals surface area contributed by atoms with Gasteiger partial charge in [-0.1, -0.05) is 260 Å². The van der Waals surface area contributed by atoms with Gasteiger partial charge in [-0.05, 0) is 102 Å². The highest BCUT2D eigenvalue weighted by atomic mass is 32.2. The number of hydrogen-bond donors (Lipinski definition) is 0. The summed E-state index contributed by atoms with van der Waals surface area (Å²) < 4.78 is 91.9. The average Bonchev–Trinajstić information content (AvgIpc) is 2.51. The summed E-state index contributed by atoms with van der Waals surface area (Å²) in [4.78, 5) is 4.15. The van der Waals surface area contributed by atoms with Crippen LogP contribution in [0.15, 0.2) is 276 Å². The van der Waals surface area contributed by atoms with Gasteiger partial charge in [-0.15, -0.1) is 0 Å². The van der Waals surface area contributed by atoms with Crippen molar-refractivity contribution in [3.05, 3.63) is 289 Å². The third kappa shape index (κ3) is 6.21. The molecule has 0 saturated carbocycles. The van der Waals surface area contributed by atoms with Crippen molar-refractivity contribution in [2.75, 3.05) is 4.90 Å². The number of benzene rings is 11. The molecular formula is C67H44BNS. The summed E-state index contributed by atoms with van der Waals surface area (Å²) in [5.74, 6) is 0. The van der Waals surface area contributed by atoms with E-state index in [-0.39, 0.29) is 27.9 Å². The second kappa shape index (κ2) is 16.4. The highest BCUT2D eigenvalue weighted by Crippen LogP contribution is 2.58. The predicted molar refractivity (Wildman–Crippen MR) is 295 cm³/mol. The highest BCUT2D eigenvalue weighted by Gasteiger charge is 2.49. The molecule has 0 saturated heterocycles. The van der Waals surface area contributed by atoms with E-state index in [4.69, 9.17) is 8.22 Å². The summed E-state index contributed by atoms with van der Waals surface area (Å²) in [5, 5.41) is 0. The number of fused-ring (bicyclic) bond motifs is 7. The van der Waals surface area contributed by atoms with Crippen molar-refractivity contribution in [1.29, 1.82) is 0 Å². The van der Waals surface area contributed by atoms with Crippen LogP contribution in [0.1, 0.15) is 36.0 Å². The van der Waals surface area contributed by atoms with E-state index in [1.165, 1.54) is 0 Å². The van der Waals surface area contributed by atoms with Crippen molar-refractivity contribution in [3.8, 4) is 55.6 Å². The lowest BCUT2D eigenvalue weighted by atomic mass is 9.34. The van der Waals surface area contributed by atoms with Crippen LogP contribution >= 0.6 is 11.8 Å². The third-order valence-corrected chi connectivity index (χ3v) is 15.5. The van der Waals surface area contributed by atoms with Gasteiger partial charge < -0.3 is 4.90 Å². The molecule has 11 aromatic rings. The summed E-state index contributed by atoms with van der Waals surface area (Å²) in [6.45, 7) is -0.392. The SMILES string of the molecule is [2H]c1c([2H])c([2H])c(-c2cccc(-c3c([2H])c([2H])c([2H])c([2H])c3[2H])c2N2c3ccc(-c4ccccc4)cc3B3c4cc(-c5ccccc5)ccc4Sc4cc(C5(c6ccccc6)c6ccccc6-c6ccccc65)cc2c43)c([2H])c1[2H]. The molecule has 0 N–H and O–H groups in total. The molecule has 3 aliphatic rings. The van der Waals surface area contributed by atoms with Gasteiger partial charge in [-0.2, -0.15) is 0 Å². The van der Waals surface area contributed by atoms with Crippen LogP contribution in [0.25, 0.3) is 55.6 Å². The summed E-state index contributed by atoms with van der Waals surface area (Å²) >= 11 is 1.69. The van der Waals surface area contributed by atoms with Gasteiger partial charge >= 0.3 is 0 Å². The fourth-order valence-electron chi connectivity index (χ4n) is 11.5. The molecule has 11 aromatic carbocycles. The molecule has 3 heteroatoms. The topological polar surface area (TPSA) is 3.24 Å². The Morgan fingerprint density at radius 1 is 0.371 bits per heavy atom. The highest BCUT2D eigenvalue weighted by molar-refractivity contribution is 8.00. The summed E-state index contributed by atoms with van der Waals surface area (Å²) in [7, 11) is 0. The zero-order valence-electron chi connectivity index (χ0n) is 47.6. The first kappa shape index (κ1) is 31.6. The maximum Gasteiger partial charge on any atom is 0.249 e. The molecule has 2 heterocycles. The number of para-hydroxylation sites is 1. The number of nitrogens with zero attached hydrogens (tertiary/aromatic N) is 1. The molecule has 14 rings (SSSR count). The van der Waals surface area contributed by atoms with Gasteiger partial charge in [0.2, 0.25) is 6.71 Å². The second-order valence-electron chi connectivity index (χ2n) is 17.9. The molecule has 0 spiro atoms. The number of rotatable bonds is 7. The van der Waals surface area contributed by atoms with Gasteiger partial charge in [0.15, 0.2) is 0 Å². The van der Waals surface area contributed by atoms with Gasteiger partial charge in [0.25, 0.3) is 0 Å². The summed E-state index contributed by atoms with van der Waals surface area (Å²) in [6.07, 6.45) is 0. The maximum atomic E-state index is 9.58. The molecule has 0 unspecified atom stereocenters. The van der Waals surface area contributed by atoms with Gasteiger partial charge in [-0.3, -0.25) is 0 Å². The van der Waals surface area contributed by atoms with Crippen LogP contribution in [-0.2, 0) is 5.41 Å². The molecule has 0 atom stereocenters. The molecule has 1 nitrogen and oxygen atoms in total. The van der Waals surface area contributed by atoms with E-state index < -0.39 is 72.6 Å². The Labute approximate surface area is 428 Å². The molecule has 326 valence electrons. The van der Waals surface area contributed by atoms with Crippen molar-refractivity contribution in [2.24, 2.45) is 0 Å². The Kier molecular flexibility index (Phi) is 7.42. The molecule has 0 bridgehead atoms. The van der Waals surface area contributed by atoms with Gasteiger partial charge in [-0.25, -0.2) is 0 Å². The molecule has 70 heavy (non-hydrogen) atoms. The molecular weight excluding hydrogens is 862 g/mol. The van der Waals surface area contributed by atoms with Gasteiger partial charge in [0.1, 0.15) is 0 Å². The maximum absolute atomic E-state index is 9.58. The van der Waals surface area contributed by atoms with Crippen LogP contribution in [0, 0.1) is 0 Å². The zero-order valence-corrected chi connectivity index (χ0v) is 38.4. The first-order valence-electron chi connectivity index (χ1n) is 28.5. The van der Waals surface area contributed by atoms with Crippen molar-refractivity contribution < 1.29 is 13.7 Å². The van der Waals surface area contributed by atoms with E-state index in [0.29, 0.717) is 5.69 Å². The van der Waals surface area contributed by atoms with E-state index in [0.717, 1.165) is 87.5 Å². The minimum absolute atomic E-state index is 0.0959. The lowest BCUT2D eigenvalue weighted by molar-refractivity contribution is 0.766. The number of anilines is 3. The van der Waals surface area contributed by atoms with Crippen LogP contribution in [-0.4, -0.2) is 6.71 Å². The molecule has 0 aromatic heterocycles. The van der Waals surface area contributed by atoms with E-state index >= 15 is 0 Å². The zero-order chi connectivity index (χ0) is 54.9. The largest absolute Gasteiger partial charge is 0.310 e. The lowest BCUT2D eigenvalue weighted by Gasteiger charge is -2.43. The van der Waals surface area contributed by atoms with Crippen molar-refractivity contribution in [3.63, 3.8) is 0 Å². The first-order chi connectivity index (χ1) is 38.9. The second-order valence-corrected chi connectivity index (χ2v) is 19.0. The monoisotopic (exact) mass is 915 g/mol. The van der Waals surface area contributed by atoms with Crippen molar-refractivity contribution in [1.82, 2.24) is 0 Å². The molecule has 0 fully saturated rings. The van der Waals surface area contributed by atoms with E-state index in [9.17, 15) is 5.48 Å². The quantitative estimate of drug-likeness (QED) is 0.147. The Morgan fingerprint density at radius 2 is 0.886 bits per heavy atom. The van der Waals surface area contributed by atoms with Gasteiger partial charge in [0, 0.05) is 32.3 Å². The normalized spacial score (nSPS) is 15.4. The van der Waals surface area contributed by atoms with Crippen LogP contribution in [0.3, 0.4) is 0 Å². The Morgan fingerprint density at radius 3 is 1.49 bits per heavy atom. The standard InChI is InChI=1S/C67H44BNS/c1-6-21-45(22-7-1)49-37-39-61-59(41-49)68-60-42-50(46-23-8-2-9-24-46)38-40-63(60)70-64-44-52(67(51-29-14-5-15-30-51)57-35-18-16-31-55(57)56-32-17-19-36-58(56)67)43-62(65(64)68)69(61)66-53(47-25-10-3-11-26-47)33-20-34-54(66)48-27-12-4-13-28-48/h1-44H/i3D,4D,10D,11D,12D,13D,25D,26D,27D,28D. The Bertz CT molecular complexity index is 4230. The van der Waals surface area contributed by atoms with E-state index in [1.54, 1.807) is 30.0 Å². The summed E-state index contributed by atoms with van der Waals surface area (Å²) in [6, 6.07) is 65.9. The minimum Gasteiger partial charge on any atom is -0.310 e. The van der Waals surface area contributed by atoms with Crippen molar-refractivity contribution >= 4 is 51.9 Å². The van der Waals surface area contributed by atoms with Crippen molar-refractivity contribution in [2.45, 2.75) is 15.2 Å². The fourth-order valence-corrected chi connectivity index (χ4v) is 12.7. The minimum atomic E-state index is -0.890. The first-order valence-corrected chi connectivity index (χ1v) is 24.3. The lowest BCUT2D eigenvalue weighted by Crippen LogP contribution is -2.60. The van der Waals surface area contributed by atoms with E-state index in [1.807, 2.05) is 42.5 Å². The molecule has 0 radical (unpaired) electrons. The smallest absolute Gasteiger partial charge is 0.249 e. The third-order valence-electron chi connectivity index (χ3n) is 14.4. The van der Waals surface area contributed by atoms with Crippen LogP contribution in [0.4, 0.5) is 17.1 Å². The van der Waals surface area contributed by atoms with Crippen LogP contribution in [0.2, 0.25) is 0 Å². The number of hydrogen-bond acceptors (Lipinski definition) is 2.